The lowest BCUT2D eigenvalue weighted by molar-refractivity contribution is -0.140. The number of carboxylic acid groups (broad SMARTS) is 2. The third kappa shape index (κ3) is 10.4. The van der Waals surface area contributed by atoms with Gasteiger partial charge in [-0.2, -0.15) is 11.8 Å². The van der Waals surface area contributed by atoms with Crippen LogP contribution in [0.4, 0.5) is 0 Å². The summed E-state index contributed by atoms with van der Waals surface area (Å²) in [4.78, 5) is 57.1. The number of nitrogens with two attached hydrogens (primary N) is 1. The van der Waals surface area contributed by atoms with Crippen molar-refractivity contribution in [3.8, 4) is 0 Å². The summed E-state index contributed by atoms with van der Waals surface area (Å²) in [6.07, 6.45) is 1.29. The largest absolute Gasteiger partial charge is 0.481 e. The fourth-order valence-electron chi connectivity index (χ4n) is 1.82. The van der Waals surface area contributed by atoms with E-state index in [2.05, 4.69) is 16.0 Å². The molecule has 154 valence electrons. The SMILES string of the molecule is CSCCC(NC(=O)C(CO)NC(=O)C(N)CC(=O)O)C(=O)NCC(=O)O. The summed E-state index contributed by atoms with van der Waals surface area (Å²) in [7, 11) is 0. The number of thioether (sulfide) groups is 1. The van der Waals surface area contributed by atoms with Crippen LogP contribution in [0.5, 0.6) is 0 Å². The highest BCUT2D eigenvalue weighted by molar-refractivity contribution is 7.98. The summed E-state index contributed by atoms with van der Waals surface area (Å²) in [5, 5.41) is 33.1. The molecule has 13 heteroatoms. The lowest BCUT2D eigenvalue weighted by Gasteiger charge is -2.22. The van der Waals surface area contributed by atoms with Gasteiger partial charge in [-0.05, 0) is 18.4 Å². The van der Waals surface area contributed by atoms with Crippen LogP contribution in [-0.2, 0) is 24.0 Å². The quantitative estimate of drug-likeness (QED) is 0.161. The Hall–Kier alpha value is -2.38. The molecule has 0 radical (unpaired) electrons. The van der Waals surface area contributed by atoms with Gasteiger partial charge in [-0.25, -0.2) is 0 Å². The minimum atomic E-state index is -1.46. The number of hydrogen-bond acceptors (Lipinski definition) is 8. The Bertz CT molecular complexity index is 559. The molecule has 8 N–H and O–H groups in total. The van der Waals surface area contributed by atoms with Gasteiger partial charge in [-0.15, -0.1) is 0 Å². The molecule has 0 fully saturated rings. The first-order valence-electron chi connectivity index (χ1n) is 7.79. The molecule has 12 nitrogen and oxygen atoms in total. The van der Waals surface area contributed by atoms with E-state index in [1.807, 2.05) is 0 Å². The van der Waals surface area contributed by atoms with Gasteiger partial charge < -0.3 is 37.0 Å². The first-order chi connectivity index (χ1) is 12.6. The highest BCUT2D eigenvalue weighted by Crippen LogP contribution is 2.02. The van der Waals surface area contributed by atoms with Crippen LogP contribution in [0.25, 0.3) is 0 Å². The molecule has 3 amide bonds. The van der Waals surface area contributed by atoms with Gasteiger partial charge in [0.25, 0.3) is 0 Å². The zero-order valence-electron chi connectivity index (χ0n) is 14.6. The number of carbonyl (C=O) groups excluding carboxylic acids is 3. The van der Waals surface area contributed by atoms with Crippen molar-refractivity contribution in [3.63, 3.8) is 0 Å². The number of aliphatic carboxylic acids is 2. The number of aliphatic hydroxyl groups is 1. The van der Waals surface area contributed by atoms with Crippen LogP contribution in [0, 0.1) is 0 Å². The fraction of sp³-hybridized carbons (Fsp3) is 0.643. The topological polar surface area (TPSA) is 208 Å². The van der Waals surface area contributed by atoms with Gasteiger partial charge >= 0.3 is 11.9 Å². The van der Waals surface area contributed by atoms with Gasteiger partial charge in [0.1, 0.15) is 18.6 Å². The predicted octanol–water partition coefficient (Wildman–Crippen LogP) is -3.30. The molecule has 0 rings (SSSR count). The molecule has 27 heavy (non-hydrogen) atoms. The van der Waals surface area contributed by atoms with E-state index in [0.717, 1.165) is 0 Å². The zero-order valence-corrected chi connectivity index (χ0v) is 15.5. The maximum Gasteiger partial charge on any atom is 0.322 e. The molecule has 0 aromatic rings. The van der Waals surface area contributed by atoms with Crippen LogP contribution in [0.2, 0.25) is 0 Å². The van der Waals surface area contributed by atoms with Gasteiger partial charge in [0.15, 0.2) is 0 Å². The average molecular weight is 408 g/mol. The van der Waals surface area contributed by atoms with E-state index in [4.69, 9.17) is 15.9 Å². The molecule has 0 aliphatic carbocycles. The molecule has 0 aliphatic rings. The van der Waals surface area contributed by atoms with Crippen molar-refractivity contribution in [2.75, 3.05) is 25.2 Å². The number of carbonyl (C=O) groups is 5. The summed E-state index contributed by atoms with van der Waals surface area (Å²) in [5.74, 6) is -4.68. The summed E-state index contributed by atoms with van der Waals surface area (Å²) in [6.45, 7) is -1.45. The van der Waals surface area contributed by atoms with Gasteiger partial charge in [0.05, 0.1) is 19.1 Å². The fourth-order valence-corrected chi connectivity index (χ4v) is 2.29. The van der Waals surface area contributed by atoms with Crippen molar-refractivity contribution < 1.29 is 39.3 Å². The van der Waals surface area contributed by atoms with Gasteiger partial charge in [-0.1, -0.05) is 0 Å². The number of carboxylic acids is 2. The predicted molar refractivity (Wildman–Crippen MR) is 94.8 cm³/mol. The van der Waals surface area contributed by atoms with E-state index in [9.17, 15) is 29.1 Å². The second kappa shape index (κ2) is 12.9. The number of nitrogens with one attached hydrogen (secondary N) is 3. The second-order valence-corrected chi connectivity index (χ2v) is 6.39. The highest BCUT2D eigenvalue weighted by Gasteiger charge is 2.28. The highest BCUT2D eigenvalue weighted by atomic mass is 32.2. The summed E-state index contributed by atoms with van der Waals surface area (Å²) in [5.41, 5.74) is 5.38. The molecule has 0 bridgehead atoms. The Balaban J connectivity index is 4.92. The normalized spacial score (nSPS) is 13.7. The minimum Gasteiger partial charge on any atom is -0.481 e. The summed E-state index contributed by atoms with van der Waals surface area (Å²) < 4.78 is 0. The van der Waals surface area contributed by atoms with Crippen LogP contribution >= 0.6 is 11.8 Å². The van der Waals surface area contributed by atoms with Crippen molar-refractivity contribution >= 4 is 41.4 Å². The molecule has 0 saturated heterocycles. The Labute approximate surface area is 159 Å². The monoisotopic (exact) mass is 408 g/mol. The summed E-state index contributed by atoms with van der Waals surface area (Å²) in [6, 6.07) is -3.96. The Morgan fingerprint density at radius 2 is 1.56 bits per heavy atom. The van der Waals surface area contributed by atoms with Crippen molar-refractivity contribution in [2.24, 2.45) is 5.73 Å². The Morgan fingerprint density at radius 3 is 2.04 bits per heavy atom. The third-order valence-electron chi connectivity index (χ3n) is 3.20. The van der Waals surface area contributed by atoms with Crippen LogP contribution in [0.15, 0.2) is 0 Å². The Morgan fingerprint density at radius 1 is 0.963 bits per heavy atom. The first kappa shape index (κ1) is 24.6. The molecule has 0 spiro atoms. The van der Waals surface area contributed by atoms with E-state index in [0.29, 0.717) is 5.75 Å². The van der Waals surface area contributed by atoms with Crippen molar-refractivity contribution in [3.05, 3.63) is 0 Å². The second-order valence-electron chi connectivity index (χ2n) is 5.40. The van der Waals surface area contributed by atoms with E-state index in [-0.39, 0.29) is 6.42 Å². The van der Waals surface area contributed by atoms with Crippen LogP contribution in [0.1, 0.15) is 12.8 Å². The standard InChI is InChI=1S/C14H24N4O8S/c1-27-3-2-8(13(25)16-5-11(22)23)17-14(26)9(6-19)18-12(24)7(15)4-10(20)21/h7-9,19H,2-6,15H2,1H3,(H,16,25)(H,17,26)(H,18,24)(H,20,21)(H,22,23). The molecule has 0 aromatic heterocycles. The van der Waals surface area contributed by atoms with E-state index < -0.39 is 67.4 Å². The van der Waals surface area contributed by atoms with Gasteiger partial charge in [0.2, 0.25) is 17.7 Å². The van der Waals surface area contributed by atoms with Crippen molar-refractivity contribution in [2.45, 2.75) is 31.0 Å². The molecule has 0 saturated carbocycles. The van der Waals surface area contributed by atoms with E-state index in [1.165, 1.54) is 11.8 Å². The molecule has 0 aliphatic heterocycles. The van der Waals surface area contributed by atoms with Crippen LogP contribution in [0.3, 0.4) is 0 Å². The van der Waals surface area contributed by atoms with Crippen LogP contribution < -0.4 is 21.7 Å². The maximum absolute atomic E-state index is 12.2. The smallest absolute Gasteiger partial charge is 0.322 e. The molecule has 0 aromatic carbocycles. The molecular formula is C14H24N4O8S. The van der Waals surface area contributed by atoms with Crippen molar-refractivity contribution in [1.82, 2.24) is 16.0 Å². The number of hydrogen-bond donors (Lipinski definition) is 7. The van der Waals surface area contributed by atoms with Gasteiger partial charge in [-0.3, -0.25) is 24.0 Å². The van der Waals surface area contributed by atoms with Crippen LogP contribution in [-0.4, -0.2) is 88.3 Å². The van der Waals surface area contributed by atoms with Gasteiger partial charge in [0, 0.05) is 0 Å². The molecular weight excluding hydrogens is 384 g/mol. The van der Waals surface area contributed by atoms with E-state index >= 15 is 0 Å². The molecule has 3 atom stereocenters. The average Bonchev–Trinajstić information content (AvgIpc) is 2.59. The molecule has 0 heterocycles. The third-order valence-corrected chi connectivity index (χ3v) is 3.85. The lowest BCUT2D eigenvalue weighted by Crippen LogP contribution is -2.57. The lowest BCUT2D eigenvalue weighted by atomic mass is 10.1. The van der Waals surface area contributed by atoms with E-state index in [1.54, 1.807) is 6.26 Å². The maximum atomic E-state index is 12.2. The molecule has 3 unspecified atom stereocenters. The minimum absolute atomic E-state index is 0.184. The zero-order chi connectivity index (χ0) is 21.0. The number of aliphatic hydroxyl groups excluding tert-OH is 1. The number of rotatable bonds is 13. The van der Waals surface area contributed by atoms with Crippen molar-refractivity contribution in [1.29, 1.82) is 0 Å². The summed E-state index contributed by atoms with van der Waals surface area (Å²) >= 11 is 1.39. The first-order valence-corrected chi connectivity index (χ1v) is 9.19. The number of amides is 3. The Kier molecular flexibility index (Phi) is 11.8.